The molecule has 1 heterocycles. The van der Waals surface area contributed by atoms with E-state index in [-0.39, 0.29) is 17.4 Å². The van der Waals surface area contributed by atoms with Crippen molar-refractivity contribution < 1.29 is 9.18 Å². The molecule has 1 amide bonds. The average Bonchev–Trinajstić information content (AvgIpc) is 2.49. The lowest BCUT2D eigenvalue weighted by molar-refractivity contribution is 0.0948. The van der Waals surface area contributed by atoms with Gasteiger partial charge in [0, 0.05) is 12.6 Å². The lowest BCUT2D eigenvalue weighted by Gasteiger charge is -2.09. The molecule has 5 nitrogen and oxygen atoms in total. The molecule has 0 aliphatic heterocycles. The van der Waals surface area contributed by atoms with Crippen molar-refractivity contribution in [3.63, 3.8) is 0 Å². The number of para-hydroxylation sites is 1. The zero-order chi connectivity index (χ0) is 15.9. The predicted octanol–water partition coefficient (Wildman–Crippen LogP) is 3.20. The Kier molecular flexibility index (Phi) is 5.41. The number of carbonyl (C=O) groups is 1. The van der Waals surface area contributed by atoms with Crippen LogP contribution in [0.4, 0.5) is 15.9 Å². The van der Waals surface area contributed by atoms with Gasteiger partial charge in [0.25, 0.3) is 5.91 Å². The van der Waals surface area contributed by atoms with E-state index in [9.17, 15) is 9.18 Å². The van der Waals surface area contributed by atoms with E-state index in [1.807, 2.05) is 0 Å². The summed E-state index contributed by atoms with van der Waals surface area (Å²) >= 11 is 0. The summed E-state index contributed by atoms with van der Waals surface area (Å²) in [6.45, 7) is 4.35. The number of benzene rings is 1. The number of nitrogens with one attached hydrogen (secondary N) is 2. The van der Waals surface area contributed by atoms with E-state index in [0.29, 0.717) is 23.9 Å². The Morgan fingerprint density at radius 2 is 2.05 bits per heavy atom. The maximum Gasteiger partial charge on any atom is 0.270 e. The normalized spacial score (nSPS) is 10.3. The van der Waals surface area contributed by atoms with Gasteiger partial charge in [-0.1, -0.05) is 25.5 Å². The second-order valence-corrected chi connectivity index (χ2v) is 4.90. The molecule has 0 unspecified atom stereocenters. The van der Waals surface area contributed by atoms with Crippen molar-refractivity contribution >= 4 is 17.4 Å². The second kappa shape index (κ2) is 7.49. The van der Waals surface area contributed by atoms with Crippen molar-refractivity contribution in [3.05, 3.63) is 47.7 Å². The molecule has 0 saturated carbocycles. The summed E-state index contributed by atoms with van der Waals surface area (Å²) in [5, 5.41) is 5.67. The van der Waals surface area contributed by atoms with Gasteiger partial charge < -0.3 is 10.6 Å². The molecule has 2 aromatic rings. The molecule has 0 aliphatic rings. The summed E-state index contributed by atoms with van der Waals surface area (Å²) in [5.41, 5.74) is 0.570. The topological polar surface area (TPSA) is 66.9 Å². The smallest absolute Gasteiger partial charge is 0.270 e. The minimum atomic E-state index is -0.382. The minimum absolute atomic E-state index is 0.254. The van der Waals surface area contributed by atoms with Crippen LogP contribution in [0.3, 0.4) is 0 Å². The molecule has 0 spiro atoms. The first kappa shape index (κ1) is 15.9. The third-order valence-corrected chi connectivity index (χ3v) is 3.02. The van der Waals surface area contributed by atoms with Gasteiger partial charge in [-0.15, -0.1) is 0 Å². The summed E-state index contributed by atoms with van der Waals surface area (Å²) in [5.74, 6) is 0.198. The molecule has 6 heteroatoms. The number of aromatic nitrogens is 2. The Morgan fingerprint density at radius 3 is 2.77 bits per heavy atom. The third kappa shape index (κ3) is 4.25. The Balaban J connectivity index is 2.16. The van der Waals surface area contributed by atoms with Crippen LogP contribution in [-0.2, 0) is 0 Å². The quantitative estimate of drug-likeness (QED) is 0.804. The van der Waals surface area contributed by atoms with Crippen molar-refractivity contribution in [1.82, 2.24) is 15.3 Å². The molecular weight excluding hydrogens is 283 g/mol. The summed E-state index contributed by atoms with van der Waals surface area (Å²) in [4.78, 5) is 20.3. The molecule has 2 N–H and O–H groups in total. The largest absolute Gasteiger partial charge is 0.351 e. The number of aryl methyl sites for hydroxylation is 1. The molecule has 116 valence electrons. The fraction of sp³-hybridized carbons (Fsp3) is 0.312. The highest BCUT2D eigenvalue weighted by molar-refractivity contribution is 5.93. The van der Waals surface area contributed by atoms with Gasteiger partial charge in [-0.2, -0.15) is 0 Å². The number of halogens is 1. The molecule has 22 heavy (non-hydrogen) atoms. The number of rotatable bonds is 6. The summed E-state index contributed by atoms with van der Waals surface area (Å²) in [6.07, 6.45) is 1.92. The molecular formula is C16H19FN4O. The van der Waals surface area contributed by atoms with Crippen LogP contribution in [0.25, 0.3) is 0 Å². The fourth-order valence-electron chi connectivity index (χ4n) is 1.92. The van der Waals surface area contributed by atoms with Crippen LogP contribution in [0.1, 0.15) is 36.1 Å². The zero-order valence-corrected chi connectivity index (χ0v) is 12.7. The first-order chi connectivity index (χ1) is 10.6. The van der Waals surface area contributed by atoms with E-state index in [1.54, 1.807) is 25.1 Å². The molecule has 0 saturated heterocycles. The number of amides is 1. The van der Waals surface area contributed by atoms with Crippen LogP contribution in [0.15, 0.2) is 30.3 Å². The molecule has 2 rings (SSSR count). The van der Waals surface area contributed by atoms with Crippen molar-refractivity contribution in [1.29, 1.82) is 0 Å². The van der Waals surface area contributed by atoms with E-state index in [0.717, 1.165) is 12.8 Å². The maximum atomic E-state index is 13.7. The number of hydrogen-bond acceptors (Lipinski definition) is 4. The van der Waals surface area contributed by atoms with Crippen molar-refractivity contribution in [2.75, 3.05) is 11.9 Å². The van der Waals surface area contributed by atoms with E-state index < -0.39 is 0 Å². The van der Waals surface area contributed by atoms with Crippen LogP contribution >= 0.6 is 0 Å². The lowest BCUT2D eigenvalue weighted by Crippen LogP contribution is -2.25. The zero-order valence-electron chi connectivity index (χ0n) is 12.7. The molecule has 1 aromatic carbocycles. The van der Waals surface area contributed by atoms with Crippen LogP contribution in [0.5, 0.6) is 0 Å². The standard InChI is InChI=1S/C16H19FN4O/c1-3-4-9-18-16(22)14-10-15(20-11(2)19-14)21-13-8-6-5-7-12(13)17/h5-8,10H,3-4,9H2,1-2H3,(H,18,22)(H,19,20,21). The monoisotopic (exact) mass is 302 g/mol. The van der Waals surface area contributed by atoms with Gasteiger partial charge in [0.05, 0.1) is 5.69 Å². The van der Waals surface area contributed by atoms with Crippen molar-refractivity contribution in [2.24, 2.45) is 0 Å². The molecule has 0 aliphatic carbocycles. The molecule has 0 radical (unpaired) electrons. The van der Waals surface area contributed by atoms with E-state index in [1.165, 1.54) is 12.1 Å². The Hall–Kier alpha value is -2.50. The lowest BCUT2D eigenvalue weighted by atomic mass is 10.3. The average molecular weight is 302 g/mol. The van der Waals surface area contributed by atoms with Crippen LogP contribution in [0, 0.1) is 12.7 Å². The Morgan fingerprint density at radius 1 is 1.27 bits per heavy atom. The molecule has 0 fully saturated rings. The molecule has 0 atom stereocenters. The highest BCUT2D eigenvalue weighted by Crippen LogP contribution is 2.18. The van der Waals surface area contributed by atoms with E-state index >= 15 is 0 Å². The SMILES string of the molecule is CCCCNC(=O)c1cc(Nc2ccccc2F)nc(C)n1. The number of hydrogen-bond donors (Lipinski definition) is 2. The van der Waals surface area contributed by atoms with Gasteiger partial charge in [0.2, 0.25) is 0 Å². The Bertz CT molecular complexity index is 660. The van der Waals surface area contributed by atoms with Gasteiger partial charge in [-0.25, -0.2) is 14.4 Å². The number of carbonyl (C=O) groups excluding carboxylic acids is 1. The highest BCUT2D eigenvalue weighted by atomic mass is 19.1. The number of anilines is 2. The van der Waals surface area contributed by atoms with Crippen LogP contribution in [0.2, 0.25) is 0 Å². The van der Waals surface area contributed by atoms with Crippen LogP contribution in [-0.4, -0.2) is 22.4 Å². The third-order valence-electron chi connectivity index (χ3n) is 3.02. The second-order valence-electron chi connectivity index (χ2n) is 4.90. The summed E-state index contributed by atoms with van der Waals surface area (Å²) < 4.78 is 13.7. The van der Waals surface area contributed by atoms with E-state index in [2.05, 4.69) is 27.5 Å². The maximum absolute atomic E-state index is 13.7. The van der Waals surface area contributed by atoms with Gasteiger partial charge in [-0.05, 0) is 25.5 Å². The van der Waals surface area contributed by atoms with Gasteiger partial charge in [0.1, 0.15) is 23.2 Å². The molecule has 0 bridgehead atoms. The van der Waals surface area contributed by atoms with Gasteiger partial charge in [-0.3, -0.25) is 4.79 Å². The first-order valence-corrected chi connectivity index (χ1v) is 7.25. The number of nitrogens with zero attached hydrogens (tertiary/aromatic N) is 2. The van der Waals surface area contributed by atoms with Gasteiger partial charge in [0.15, 0.2) is 0 Å². The van der Waals surface area contributed by atoms with Gasteiger partial charge >= 0.3 is 0 Å². The predicted molar refractivity (Wildman–Crippen MR) is 83.7 cm³/mol. The summed E-state index contributed by atoms with van der Waals surface area (Å²) in [6, 6.07) is 7.80. The van der Waals surface area contributed by atoms with E-state index in [4.69, 9.17) is 0 Å². The highest BCUT2D eigenvalue weighted by Gasteiger charge is 2.11. The Labute approximate surface area is 129 Å². The van der Waals surface area contributed by atoms with Crippen molar-refractivity contribution in [3.8, 4) is 0 Å². The van der Waals surface area contributed by atoms with Crippen molar-refractivity contribution in [2.45, 2.75) is 26.7 Å². The first-order valence-electron chi connectivity index (χ1n) is 7.25. The fourth-order valence-corrected chi connectivity index (χ4v) is 1.92. The summed E-state index contributed by atoms with van der Waals surface area (Å²) in [7, 11) is 0. The minimum Gasteiger partial charge on any atom is -0.351 e. The van der Waals surface area contributed by atoms with Crippen LogP contribution < -0.4 is 10.6 Å². The molecule has 1 aromatic heterocycles. The number of unbranched alkanes of at least 4 members (excludes halogenated alkanes) is 1.